The van der Waals surface area contributed by atoms with Gasteiger partial charge in [0.15, 0.2) is 5.69 Å². The maximum atomic E-state index is 12.5. The Kier molecular flexibility index (Phi) is 3.40. The predicted octanol–water partition coefficient (Wildman–Crippen LogP) is 4.37. The van der Waals surface area contributed by atoms with Crippen LogP contribution in [0.5, 0.6) is 10.9 Å². The second-order valence-electron chi connectivity index (χ2n) is 4.50. The van der Waals surface area contributed by atoms with Gasteiger partial charge in [-0.1, -0.05) is 11.3 Å². The Balaban J connectivity index is 1.94. The van der Waals surface area contributed by atoms with Crippen LogP contribution in [0.2, 0.25) is 0 Å². The van der Waals surface area contributed by atoms with Crippen molar-refractivity contribution < 1.29 is 22.3 Å². The molecular formula is C14H8F3NO3S. The lowest BCUT2D eigenvalue weighted by atomic mass is 10.1. The highest BCUT2D eigenvalue weighted by Gasteiger charge is 2.34. The summed E-state index contributed by atoms with van der Waals surface area (Å²) in [5, 5.41) is 1.46. The number of thiazole rings is 1. The second-order valence-corrected chi connectivity index (χ2v) is 5.33. The molecule has 2 aromatic heterocycles. The van der Waals surface area contributed by atoms with Crippen LogP contribution in [0.3, 0.4) is 0 Å². The third kappa shape index (κ3) is 2.82. The first kappa shape index (κ1) is 14.6. The molecule has 0 N–H and O–H groups in total. The monoisotopic (exact) mass is 327 g/mol. The van der Waals surface area contributed by atoms with Crippen LogP contribution in [-0.2, 0) is 6.18 Å². The van der Waals surface area contributed by atoms with E-state index in [9.17, 15) is 18.0 Å². The van der Waals surface area contributed by atoms with Gasteiger partial charge in [0.25, 0.3) is 5.19 Å². The molecule has 3 rings (SSSR count). The molecule has 22 heavy (non-hydrogen) atoms. The van der Waals surface area contributed by atoms with E-state index in [2.05, 4.69) is 4.98 Å². The molecule has 0 amide bonds. The summed E-state index contributed by atoms with van der Waals surface area (Å²) < 4.78 is 47.8. The summed E-state index contributed by atoms with van der Waals surface area (Å²) in [4.78, 5) is 14.7. The summed E-state index contributed by atoms with van der Waals surface area (Å²) in [6.45, 7) is 1.76. The molecule has 0 atom stereocenters. The van der Waals surface area contributed by atoms with Gasteiger partial charge in [0.2, 0.25) is 0 Å². The maximum absolute atomic E-state index is 12.5. The number of rotatable bonds is 2. The Bertz CT molecular complexity index is 898. The fourth-order valence-corrected chi connectivity index (χ4v) is 2.60. The van der Waals surface area contributed by atoms with Gasteiger partial charge in [-0.25, -0.2) is 4.79 Å². The molecule has 114 valence electrons. The van der Waals surface area contributed by atoms with Gasteiger partial charge in [0, 0.05) is 22.9 Å². The number of benzene rings is 1. The van der Waals surface area contributed by atoms with Crippen LogP contribution in [0.15, 0.2) is 38.9 Å². The lowest BCUT2D eigenvalue weighted by Crippen LogP contribution is -2.04. The van der Waals surface area contributed by atoms with E-state index in [0.717, 1.165) is 27.7 Å². The quantitative estimate of drug-likeness (QED) is 0.656. The molecule has 3 aromatic rings. The molecule has 0 saturated heterocycles. The minimum Gasteiger partial charge on any atom is -0.431 e. The summed E-state index contributed by atoms with van der Waals surface area (Å²) >= 11 is 0.737. The lowest BCUT2D eigenvalue weighted by Gasteiger charge is -2.04. The molecule has 0 radical (unpaired) electrons. The van der Waals surface area contributed by atoms with Gasteiger partial charge in [0.1, 0.15) is 11.3 Å². The second kappa shape index (κ2) is 5.13. The molecule has 0 aliphatic carbocycles. The molecule has 0 fully saturated rings. The number of alkyl halides is 3. The van der Waals surface area contributed by atoms with Crippen LogP contribution in [0.25, 0.3) is 11.0 Å². The Morgan fingerprint density at radius 1 is 1.27 bits per heavy atom. The predicted molar refractivity (Wildman–Crippen MR) is 74.4 cm³/mol. The minimum absolute atomic E-state index is 0.137. The fourth-order valence-electron chi connectivity index (χ4n) is 1.90. The van der Waals surface area contributed by atoms with Gasteiger partial charge in [-0.05, 0) is 24.6 Å². The van der Waals surface area contributed by atoms with Gasteiger partial charge in [-0.15, -0.1) is 0 Å². The molecule has 2 heterocycles. The summed E-state index contributed by atoms with van der Waals surface area (Å²) in [5.41, 5.74) is -0.465. The molecule has 4 nitrogen and oxygen atoms in total. The number of nitrogens with zero attached hydrogens (tertiary/aromatic N) is 1. The standard InChI is InChI=1S/C14H8F3NO3S/c1-7-4-12(19)21-10-5-8(2-3-9(7)10)20-13-18-11(6-22-13)14(15,16)17/h2-6H,1H3. The van der Waals surface area contributed by atoms with Crippen LogP contribution in [0, 0.1) is 6.92 Å². The van der Waals surface area contributed by atoms with Crippen molar-refractivity contribution in [3.05, 3.63) is 51.3 Å². The fraction of sp³-hybridized carbons (Fsp3) is 0.143. The lowest BCUT2D eigenvalue weighted by molar-refractivity contribution is -0.140. The molecule has 1 aromatic carbocycles. The average Bonchev–Trinajstić information content (AvgIpc) is 2.86. The summed E-state index contributed by atoms with van der Waals surface area (Å²) in [6.07, 6.45) is -4.51. The number of hydrogen-bond donors (Lipinski definition) is 0. The number of hydrogen-bond acceptors (Lipinski definition) is 5. The van der Waals surface area contributed by atoms with Crippen LogP contribution in [0.4, 0.5) is 13.2 Å². The zero-order chi connectivity index (χ0) is 15.9. The smallest absolute Gasteiger partial charge is 0.431 e. The number of ether oxygens (including phenoxy) is 1. The van der Waals surface area contributed by atoms with Gasteiger partial charge >= 0.3 is 11.8 Å². The highest BCUT2D eigenvalue weighted by molar-refractivity contribution is 7.11. The van der Waals surface area contributed by atoms with Crippen molar-refractivity contribution >= 4 is 22.3 Å². The highest BCUT2D eigenvalue weighted by Crippen LogP contribution is 2.34. The molecule has 0 aliphatic heterocycles. The van der Waals surface area contributed by atoms with Crippen molar-refractivity contribution in [2.75, 3.05) is 0 Å². The van der Waals surface area contributed by atoms with Crippen molar-refractivity contribution in [3.63, 3.8) is 0 Å². The van der Waals surface area contributed by atoms with Crippen LogP contribution >= 0.6 is 11.3 Å². The Hall–Kier alpha value is -2.35. The first-order chi connectivity index (χ1) is 10.3. The van der Waals surface area contributed by atoms with Crippen molar-refractivity contribution in [3.8, 4) is 10.9 Å². The van der Waals surface area contributed by atoms with E-state index in [1.807, 2.05) is 0 Å². The van der Waals surface area contributed by atoms with Crippen LogP contribution < -0.4 is 10.4 Å². The van der Waals surface area contributed by atoms with Crippen molar-refractivity contribution in [2.45, 2.75) is 13.1 Å². The van der Waals surface area contributed by atoms with Gasteiger partial charge in [-0.3, -0.25) is 0 Å². The van der Waals surface area contributed by atoms with Gasteiger partial charge < -0.3 is 9.15 Å². The van der Waals surface area contributed by atoms with E-state index in [1.165, 1.54) is 12.1 Å². The molecule has 0 bridgehead atoms. The van der Waals surface area contributed by atoms with Gasteiger partial charge in [-0.2, -0.15) is 18.2 Å². The van der Waals surface area contributed by atoms with Crippen LogP contribution in [0.1, 0.15) is 11.3 Å². The van der Waals surface area contributed by atoms with E-state index in [1.54, 1.807) is 19.1 Å². The molecule has 0 saturated carbocycles. The Labute approximate surface area is 125 Å². The summed E-state index contributed by atoms with van der Waals surface area (Å²) in [6, 6.07) is 6.04. The highest BCUT2D eigenvalue weighted by atomic mass is 32.1. The third-order valence-corrected chi connectivity index (χ3v) is 3.62. The Morgan fingerprint density at radius 3 is 2.73 bits per heavy atom. The van der Waals surface area contributed by atoms with Gasteiger partial charge in [0.05, 0.1) is 0 Å². The topological polar surface area (TPSA) is 52.3 Å². The summed E-state index contributed by atoms with van der Waals surface area (Å²) in [7, 11) is 0. The zero-order valence-electron chi connectivity index (χ0n) is 11.1. The largest absolute Gasteiger partial charge is 0.434 e. The molecule has 0 aliphatic rings. The third-order valence-electron chi connectivity index (χ3n) is 2.90. The number of halogens is 3. The average molecular weight is 327 g/mol. The molecule has 8 heteroatoms. The van der Waals surface area contributed by atoms with E-state index in [4.69, 9.17) is 9.15 Å². The van der Waals surface area contributed by atoms with Crippen molar-refractivity contribution in [1.82, 2.24) is 4.98 Å². The van der Waals surface area contributed by atoms with E-state index in [-0.39, 0.29) is 10.9 Å². The molecule has 0 unspecified atom stereocenters. The van der Waals surface area contributed by atoms with E-state index >= 15 is 0 Å². The number of aromatic nitrogens is 1. The number of fused-ring (bicyclic) bond motifs is 1. The Morgan fingerprint density at radius 2 is 2.05 bits per heavy atom. The minimum atomic E-state index is -4.51. The maximum Gasteiger partial charge on any atom is 0.434 e. The molecule has 0 spiro atoms. The van der Waals surface area contributed by atoms with E-state index in [0.29, 0.717) is 5.58 Å². The first-order valence-electron chi connectivity index (χ1n) is 6.08. The van der Waals surface area contributed by atoms with Crippen LogP contribution in [-0.4, -0.2) is 4.98 Å². The molecular weight excluding hydrogens is 319 g/mol. The van der Waals surface area contributed by atoms with Crippen molar-refractivity contribution in [1.29, 1.82) is 0 Å². The summed E-state index contributed by atoms with van der Waals surface area (Å²) in [5.74, 6) is 0.240. The normalized spacial score (nSPS) is 11.8. The first-order valence-corrected chi connectivity index (χ1v) is 6.96. The van der Waals surface area contributed by atoms with Crippen molar-refractivity contribution in [2.24, 2.45) is 0 Å². The van der Waals surface area contributed by atoms with E-state index < -0.39 is 17.5 Å². The SMILES string of the molecule is Cc1cc(=O)oc2cc(Oc3nc(C(F)(F)F)cs3)ccc12. The number of aryl methyl sites for hydroxylation is 1. The zero-order valence-corrected chi connectivity index (χ0v) is 11.9.